The third kappa shape index (κ3) is 3.34. The molecule has 0 radical (unpaired) electrons. The van der Waals surface area contributed by atoms with E-state index in [0.717, 1.165) is 12.3 Å². The maximum atomic E-state index is 12.6. The van der Waals surface area contributed by atoms with Gasteiger partial charge in [0.15, 0.2) is 0 Å². The van der Waals surface area contributed by atoms with Crippen molar-refractivity contribution < 1.29 is 23.0 Å². The minimum atomic E-state index is -4.47. The summed E-state index contributed by atoms with van der Waals surface area (Å²) in [6.07, 6.45) is -4.28. The van der Waals surface area contributed by atoms with Gasteiger partial charge >= 0.3 is 6.18 Å². The lowest BCUT2D eigenvalue weighted by Gasteiger charge is -2.37. The van der Waals surface area contributed by atoms with Crippen LogP contribution in [-0.4, -0.2) is 42.0 Å². The molecule has 0 bridgehead atoms. The Hall–Kier alpha value is -1.05. The van der Waals surface area contributed by atoms with E-state index in [1.807, 2.05) is 6.92 Å². The maximum Gasteiger partial charge on any atom is 0.417 e. The van der Waals surface area contributed by atoms with Gasteiger partial charge in [0.1, 0.15) is 5.82 Å². The average molecular weight is 311 g/mol. The van der Waals surface area contributed by atoms with Crippen molar-refractivity contribution in [3.8, 4) is 0 Å². The van der Waals surface area contributed by atoms with E-state index in [4.69, 9.17) is 21.4 Å². The first-order valence-corrected chi connectivity index (χ1v) is 6.43. The molecule has 1 aliphatic rings. The summed E-state index contributed by atoms with van der Waals surface area (Å²) in [6, 6.07) is 0.859. The molecule has 2 heterocycles. The Balaban J connectivity index is 2.24. The van der Waals surface area contributed by atoms with Crippen LogP contribution in [0.4, 0.5) is 19.0 Å². The first kappa shape index (κ1) is 15.3. The van der Waals surface area contributed by atoms with Gasteiger partial charge in [0, 0.05) is 19.3 Å². The normalized spacial score (nSPS) is 24.0. The Kier molecular flexibility index (Phi) is 4.41. The van der Waals surface area contributed by atoms with Crippen molar-refractivity contribution in [2.75, 3.05) is 24.6 Å². The van der Waals surface area contributed by atoms with Gasteiger partial charge in [-0.15, -0.1) is 0 Å². The number of aliphatic hydroxyl groups is 1. The van der Waals surface area contributed by atoms with Gasteiger partial charge in [-0.05, 0) is 13.0 Å². The van der Waals surface area contributed by atoms with Crippen LogP contribution in [-0.2, 0) is 10.9 Å². The molecule has 1 aromatic rings. The van der Waals surface area contributed by atoms with Crippen molar-refractivity contribution in [1.82, 2.24) is 4.98 Å². The summed E-state index contributed by atoms with van der Waals surface area (Å²) < 4.78 is 43.1. The van der Waals surface area contributed by atoms with Crippen LogP contribution in [0.1, 0.15) is 12.5 Å². The molecule has 2 atom stereocenters. The number of hydrogen-bond donors (Lipinski definition) is 1. The number of hydrogen-bond acceptors (Lipinski definition) is 4. The molecule has 2 unspecified atom stereocenters. The highest BCUT2D eigenvalue weighted by Gasteiger charge is 2.33. The molecule has 1 saturated heterocycles. The van der Waals surface area contributed by atoms with Crippen LogP contribution < -0.4 is 4.90 Å². The fraction of sp³-hybridized carbons (Fsp3) is 0.583. The second kappa shape index (κ2) is 5.75. The van der Waals surface area contributed by atoms with Gasteiger partial charge in [0.2, 0.25) is 0 Å². The lowest BCUT2D eigenvalue weighted by molar-refractivity contribution is -0.137. The number of ether oxygens (including phenoxy) is 1. The van der Waals surface area contributed by atoms with E-state index in [9.17, 15) is 13.2 Å². The van der Waals surface area contributed by atoms with Gasteiger partial charge in [0.05, 0.1) is 29.4 Å². The number of anilines is 1. The topological polar surface area (TPSA) is 45.6 Å². The van der Waals surface area contributed by atoms with Crippen molar-refractivity contribution in [2.24, 2.45) is 0 Å². The second-order valence-electron chi connectivity index (χ2n) is 4.68. The lowest BCUT2D eigenvalue weighted by Crippen LogP contribution is -2.48. The minimum absolute atomic E-state index is 0.0642. The van der Waals surface area contributed by atoms with Crippen molar-refractivity contribution in [2.45, 2.75) is 25.3 Å². The Morgan fingerprint density at radius 2 is 2.20 bits per heavy atom. The molecule has 0 amide bonds. The first-order chi connectivity index (χ1) is 9.31. The monoisotopic (exact) mass is 310 g/mol. The van der Waals surface area contributed by atoms with Gasteiger partial charge in [-0.2, -0.15) is 13.2 Å². The summed E-state index contributed by atoms with van der Waals surface area (Å²) in [5.74, 6) is 0.272. The SMILES string of the molecule is CC1CN(c2ncc(C(F)(F)F)cc2Cl)CC(CO)O1. The third-order valence-electron chi connectivity index (χ3n) is 2.98. The van der Waals surface area contributed by atoms with Gasteiger partial charge in [-0.1, -0.05) is 11.6 Å². The largest absolute Gasteiger partial charge is 0.417 e. The fourth-order valence-corrected chi connectivity index (χ4v) is 2.42. The van der Waals surface area contributed by atoms with Crippen LogP contribution >= 0.6 is 11.6 Å². The average Bonchev–Trinajstić information content (AvgIpc) is 2.36. The van der Waals surface area contributed by atoms with Crippen LogP contribution in [0, 0.1) is 0 Å². The molecule has 4 nitrogen and oxygen atoms in total. The molecule has 1 aliphatic heterocycles. The van der Waals surface area contributed by atoms with Crippen LogP contribution in [0.2, 0.25) is 5.02 Å². The number of alkyl halides is 3. The molecular formula is C12H14ClF3N2O2. The van der Waals surface area contributed by atoms with E-state index >= 15 is 0 Å². The van der Waals surface area contributed by atoms with Crippen LogP contribution in [0.25, 0.3) is 0 Å². The Labute approximate surface area is 119 Å². The standard InChI is InChI=1S/C12H14ClF3N2O2/c1-7-4-18(5-9(6-19)20-7)11-10(13)2-8(3-17-11)12(14,15)16/h2-3,7,9,19H,4-6H2,1H3. The maximum absolute atomic E-state index is 12.6. The summed E-state index contributed by atoms with van der Waals surface area (Å²) >= 11 is 5.90. The minimum Gasteiger partial charge on any atom is -0.394 e. The van der Waals surface area contributed by atoms with E-state index in [2.05, 4.69) is 4.98 Å². The van der Waals surface area contributed by atoms with E-state index in [-0.39, 0.29) is 23.6 Å². The summed E-state index contributed by atoms with van der Waals surface area (Å²) in [4.78, 5) is 5.53. The van der Waals surface area contributed by atoms with Crippen molar-refractivity contribution in [3.63, 3.8) is 0 Å². The Morgan fingerprint density at radius 3 is 2.75 bits per heavy atom. The molecule has 2 rings (SSSR count). The zero-order valence-electron chi connectivity index (χ0n) is 10.7. The summed E-state index contributed by atoms with van der Waals surface area (Å²) in [6.45, 7) is 2.43. The summed E-state index contributed by atoms with van der Waals surface area (Å²) in [7, 11) is 0. The molecular weight excluding hydrogens is 297 g/mol. The van der Waals surface area contributed by atoms with Crippen molar-refractivity contribution in [3.05, 3.63) is 22.8 Å². The molecule has 1 N–H and O–H groups in total. The Morgan fingerprint density at radius 1 is 1.50 bits per heavy atom. The molecule has 0 spiro atoms. The molecule has 1 aromatic heterocycles. The number of rotatable bonds is 2. The predicted octanol–water partition coefficient (Wildman–Crippen LogP) is 2.34. The van der Waals surface area contributed by atoms with E-state index < -0.39 is 17.8 Å². The molecule has 0 aliphatic carbocycles. The van der Waals surface area contributed by atoms with Gasteiger partial charge in [-0.25, -0.2) is 4.98 Å². The highest BCUT2D eigenvalue weighted by molar-refractivity contribution is 6.33. The summed E-state index contributed by atoms with van der Waals surface area (Å²) in [5, 5.41) is 9.08. The number of aliphatic hydroxyl groups excluding tert-OH is 1. The number of aromatic nitrogens is 1. The van der Waals surface area contributed by atoms with Gasteiger partial charge in [-0.3, -0.25) is 0 Å². The van der Waals surface area contributed by atoms with Crippen molar-refractivity contribution in [1.29, 1.82) is 0 Å². The van der Waals surface area contributed by atoms with Gasteiger partial charge in [0.25, 0.3) is 0 Å². The molecule has 20 heavy (non-hydrogen) atoms. The smallest absolute Gasteiger partial charge is 0.394 e. The quantitative estimate of drug-likeness (QED) is 0.911. The highest BCUT2D eigenvalue weighted by Crippen LogP contribution is 2.34. The zero-order valence-corrected chi connectivity index (χ0v) is 11.4. The highest BCUT2D eigenvalue weighted by atomic mass is 35.5. The van der Waals surface area contributed by atoms with E-state index in [1.165, 1.54) is 0 Å². The second-order valence-corrected chi connectivity index (χ2v) is 5.09. The molecule has 112 valence electrons. The van der Waals surface area contributed by atoms with Crippen LogP contribution in [0.5, 0.6) is 0 Å². The Bertz CT molecular complexity index is 484. The lowest BCUT2D eigenvalue weighted by atomic mass is 10.2. The number of pyridine rings is 1. The fourth-order valence-electron chi connectivity index (χ4n) is 2.14. The van der Waals surface area contributed by atoms with E-state index in [0.29, 0.717) is 13.1 Å². The first-order valence-electron chi connectivity index (χ1n) is 6.05. The van der Waals surface area contributed by atoms with Crippen LogP contribution in [0.15, 0.2) is 12.3 Å². The number of morpholine rings is 1. The molecule has 1 fully saturated rings. The van der Waals surface area contributed by atoms with E-state index in [1.54, 1.807) is 4.90 Å². The van der Waals surface area contributed by atoms with Gasteiger partial charge < -0.3 is 14.7 Å². The third-order valence-corrected chi connectivity index (χ3v) is 3.26. The van der Waals surface area contributed by atoms with Crippen LogP contribution in [0.3, 0.4) is 0 Å². The number of nitrogens with zero attached hydrogens (tertiary/aromatic N) is 2. The van der Waals surface area contributed by atoms with Crippen molar-refractivity contribution >= 4 is 17.4 Å². The summed E-state index contributed by atoms with van der Waals surface area (Å²) in [5.41, 5.74) is -0.883. The predicted molar refractivity (Wildman–Crippen MR) is 67.9 cm³/mol. The number of halogens is 4. The zero-order chi connectivity index (χ0) is 14.9. The molecule has 0 saturated carbocycles. The molecule has 0 aromatic carbocycles. The molecule has 8 heteroatoms.